The molecule has 5 heteroatoms. The minimum atomic E-state index is -0.809. The van der Waals surface area contributed by atoms with Crippen LogP contribution < -0.4 is 0 Å². The first kappa shape index (κ1) is 13.1. The van der Waals surface area contributed by atoms with E-state index in [4.69, 9.17) is 5.11 Å². The van der Waals surface area contributed by atoms with Crippen molar-refractivity contribution in [3.8, 4) is 0 Å². The Labute approximate surface area is 124 Å². The highest BCUT2D eigenvalue weighted by Gasteiger charge is 2.06. The third kappa shape index (κ3) is 3.00. The predicted molar refractivity (Wildman–Crippen MR) is 81.5 cm³/mol. The SMILES string of the molecule is O=C(O)Cc1ccc(Sc2nc3ccccc3s2)cc1. The van der Waals surface area contributed by atoms with Crippen molar-refractivity contribution in [3.63, 3.8) is 0 Å². The number of carboxylic acid groups (broad SMARTS) is 1. The molecule has 3 aromatic rings. The summed E-state index contributed by atoms with van der Waals surface area (Å²) in [6, 6.07) is 15.6. The molecule has 0 bridgehead atoms. The molecular weight excluding hydrogens is 290 g/mol. The van der Waals surface area contributed by atoms with Gasteiger partial charge in [-0.1, -0.05) is 36.0 Å². The predicted octanol–water partition coefficient (Wildman–Crippen LogP) is 4.07. The fourth-order valence-electron chi connectivity index (χ4n) is 1.85. The maximum atomic E-state index is 10.6. The summed E-state index contributed by atoms with van der Waals surface area (Å²) < 4.78 is 2.18. The van der Waals surface area contributed by atoms with Crippen LogP contribution in [0.1, 0.15) is 5.56 Å². The summed E-state index contributed by atoms with van der Waals surface area (Å²) in [5.74, 6) is -0.809. The van der Waals surface area contributed by atoms with Gasteiger partial charge in [0.1, 0.15) is 0 Å². The summed E-state index contributed by atoms with van der Waals surface area (Å²) in [7, 11) is 0. The van der Waals surface area contributed by atoms with E-state index in [0.717, 1.165) is 20.3 Å². The van der Waals surface area contributed by atoms with Crippen LogP contribution in [-0.2, 0) is 11.2 Å². The molecule has 2 aromatic carbocycles. The first-order chi connectivity index (χ1) is 9.70. The van der Waals surface area contributed by atoms with E-state index in [1.54, 1.807) is 23.1 Å². The Morgan fingerprint density at radius 1 is 1.15 bits per heavy atom. The number of benzene rings is 2. The largest absolute Gasteiger partial charge is 0.481 e. The van der Waals surface area contributed by atoms with Crippen LogP contribution in [0.3, 0.4) is 0 Å². The van der Waals surface area contributed by atoms with Crippen LogP contribution in [0.5, 0.6) is 0 Å². The number of aromatic nitrogens is 1. The maximum Gasteiger partial charge on any atom is 0.307 e. The zero-order valence-corrected chi connectivity index (χ0v) is 12.1. The Kier molecular flexibility index (Phi) is 3.71. The maximum absolute atomic E-state index is 10.6. The van der Waals surface area contributed by atoms with Crippen LogP contribution in [0.4, 0.5) is 0 Å². The van der Waals surface area contributed by atoms with Crippen LogP contribution >= 0.6 is 23.1 Å². The molecule has 3 nitrogen and oxygen atoms in total. The van der Waals surface area contributed by atoms with Gasteiger partial charge in [0, 0.05) is 4.90 Å². The van der Waals surface area contributed by atoms with Crippen molar-refractivity contribution < 1.29 is 9.90 Å². The van der Waals surface area contributed by atoms with E-state index in [1.807, 2.05) is 42.5 Å². The molecule has 0 saturated heterocycles. The van der Waals surface area contributed by atoms with Gasteiger partial charge in [0.05, 0.1) is 16.6 Å². The van der Waals surface area contributed by atoms with Crippen molar-refractivity contribution in [3.05, 3.63) is 54.1 Å². The summed E-state index contributed by atoms with van der Waals surface area (Å²) in [6.07, 6.45) is 0.0616. The Balaban J connectivity index is 1.78. The molecule has 0 aliphatic heterocycles. The van der Waals surface area contributed by atoms with E-state index in [9.17, 15) is 4.79 Å². The summed E-state index contributed by atoms with van der Waals surface area (Å²) >= 11 is 3.27. The van der Waals surface area contributed by atoms with Gasteiger partial charge in [-0.15, -0.1) is 11.3 Å². The standard InChI is InChI=1S/C15H11NO2S2/c17-14(18)9-10-5-7-11(8-6-10)19-15-16-12-3-1-2-4-13(12)20-15/h1-8H,9H2,(H,17,18). The molecule has 3 rings (SSSR count). The third-order valence-corrected chi connectivity index (χ3v) is 4.86. The van der Waals surface area contributed by atoms with Crippen molar-refractivity contribution >= 4 is 39.3 Å². The number of carbonyl (C=O) groups is 1. The highest BCUT2D eigenvalue weighted by Crippen LogP contribution is 2.34. The van der Waals surface area contributed by atoms with E-state index < -0.39 is 5.97 Å². The van der Waals surface area contributed by atoms with E-state index in [1.165, 1.54) is 4.70 Å². The molecule has 0 amide bonds. The van der Waals surface area contributed by atoms with Crippen molar-refractivity contribution in [1.82, 2.24) is 4.98 Å². The van der Waals surface area contributed by atoms with E-state index >= 15 is 0 Å². The number of thiazole rings is 1. The summed E-state index contributed by atoms with van der Waals surface area (Å²) in [4.78, 5) is 16.3. The third-order valence-electron chi connectivity index (χ3n) is 2.76. The molecule has 0 unspecified atom stereocenters. The van der Waals surface area contributed by atoms with Crippen molar-refractivity contribution in [2.75, 3.05) is 0 Å². The van der Waals surface area contributed by atoms with Crippen LogP contribution in [0, 0.1) is 0 Å². The lowest BCUT2D eigenvalue weighted by molar-refractivity contribution is -0.136. The molecule has 100 valence electrons. The number of para-hydroxylation sites is 1. The highest BCUT2D eigenvalue weighted by atomic mass is 32.2. The molecule has 0 radical (unpaired) electrons. The van der Waals surface area contributed by atoms with Gasteiger partial charge >= 0.3 is 5.97 Å². The Morgan fingerprint density at radius 2 is 1.90 bits per heavy atom. The first-order valence-electron chi connectivity index (χ1n) is 6.05. The molecule has 1 N–H and O–H groups in total. The van der Waals surface area contributed by atoms with Gasteiger partial charge in [0.25, 0.3) is 0 Å². The van der Waals surface area contributed by atoms with E-state index in [2.05, 4.69) is 11.1 Å². The van der Waals surface area contributed by atoms with Gasteiger partial charge in [0.15, 0.2) is 4.34 Å². The fourth-order valence-corrected chi connectivity index (χ4v) is 3.88. The molecule has 0 spiro atoms. The number of nitrogens with zero attached hydrogens (tertiary/aromatic N) is 1. The Morgan fingerprint density at radius 3 is 2.60 bits per heavy atom. The average molecular weight is 301 g/mol. The molecule has 0 fully saturated rings. The van der Waals surface area contributed by atoms with Gasteiger partial charge in [-0.2, -0.15) is 0 Å². The number of carboxylic acids is 1. The number of hydrogen-bond donors (Lipinski definition) is 1. The molecule has 1 heterocycles. The lowest BCUT2D eigenvalue weighted by atomic mass is 10.2. The number of hydrogen-bond acceptors (Lipinski definition) is 4. The average Bonchev–Trinajstić information content (AvgIpc) is 2.82. The fraction of sp³-hybridized carbons (Fsp3) is 0.0667. The summed E-state index contributed by atoms with van der Waals surface area (Å²) in [5, 5.41) is 8.74. The van der Waals surface area contributed by atoms with Crippen LogP contribution in [0.15, 0.2) is 57.8 Å². The number of fused-ring (bicyclic) bond motifs is 1. The second-order valence-electron chi connectivity index (χ2n) is 4.26. The number of aliphatic carboxylic acids is 1. The summed E-state index contributed by atoms with van der Waals surface area (Å²) in [5.41, 5.74) is 1.83. The molecule has 1 aromatic heterocycles. The molecule has 0 saturated carbocycles. The monoisotopic (exact) mass is 301 g/mol. The zero-order chi connectivity index (χ0) is 13.9. The van der Waals surface area contributed by atoms with E-state index in [-0.39, 0.29) is 6.42 Å². The van der Waals surface area contributed by atoms with Crippen molar-refractivity contribution in [2.45, 2.75) is 15.7 Å². The van der Waals surface area contributed by atoms with Gasteiger partial charge in [0.2, 0.25) is 0 Å². The van der Waals surface area contributed by atoms with Crippen LogP contribution in [0.2, 0.25) is 0 Å². The quantitative estimate of drug-likeness (QED) is 0.789. The minimum absolute atomic E-state index is 0.0616. The molecule has 0 aliphatic rings. The van der Waals surface area contributed by atoms with Gasteiger partial charge in [-0.05, 0) is 29.8 Å². The second-order valence-corrected chi connectivity index (χ2v) is 6.62. The smallest absolute Gasteiger partial charge is 0.307 e. The molecule has 0 aliphatic carbocycles. The van der Waals surface area contributed by atoms with Gasteiger partial charge in [-0.3, -0.25) is 4.79 Å². The Hall–Kier alpha value is -1.85. The molecular formula is C15H11NO2S2. The van der Waals surface area contributed by atoms with Gasteiger partial charge in [-0.25, -0.2) is 4.98 Å². The van der Waals surface area contributed by atoms with Gasteiger partial charge < -0.3 is 5.11 Å². The first-order valence-corrected chi connectivity index (χ1v) is 7.68. The lowest BCUT2D eigenvalue weighted by Crippen LogP contribution is -1.99. The topological polar surface area (TPSA) is 50.2 Å². The number of rotatable bonds is 4. The summed E-state index contributed by atoms with van der Waals surface area (Å²) in [6.45, 7) is 0. The zero-order valence-electron chi connectivity index (χ0n) is 10.4. The van der Waals surface area contributed by atoms with E-state index in [0.29, 0.717) is 0 Å². The Bertz CT molecular complexity index is 717. The molecule has 0 atom stereocenters. The van der Waals surface area contributed by atoms with Crippen molar-refractivity contribution in [2.24, 2.45) is 0 Å². The minimum Gasteiger partial charge on any atom is -0.481 e. The molecule has 20 heavy (non-hydrogen) atoms. The second kappa shape index (κ2) is 5.64. The normalized spacial score (nSPS) is 10.8. The lowest BCUT2D eigenvalue weighted by Gasteiger charge is -2.00. The van der Waals surface area contributed by atoms with Crippen LogP contribution in [0.25, 0.3) is 10.2 Å². The van der Waals surface area contributed by atoms with Crippen LogP contribution in [-0.4, -0.2) is 16.1 Å². The highest BCUT2D eigenvalue weighted by molar-refractivity contribution is 8.01. The van der Waals surface area contributed by atoms with Crippen molar-refractivity contribution in [1.29, 1.82) is 0 Å².